The molecule has 4 aromatic heterocycles. The van der Waals surface area contributed by atoms with Crippen molar-refractivity contribution in [1.82, 2.24) is 14.1 Å². The summed E-state index contributed by atoms with van der Waals surface area (Å²) in [7, 11) is 0. The highest BCUT2D eigenvalue weighted by Gasteiger charge is 2.31. The van der Waals surface area contributed by atoms with Crippen molar-refractivity contribution < 1.29 is 20.6 Å². The summed E-state index contributed by atoms with van der Waals surface area (Å²) in [4.78, 5) is 4.93. The molecule has 80 heavy (non-hydrogen) atoms. The summed E-state index contributed by atoms with van der Waals surface area (Å²) < 4.78 is 65.1. The van der Waals surface area contributed by atoms with Gasteiger partial charge in [-0.3, -0.25) is 13.7 Å². The van der Waals surface area contributed by atoms with Gasteiger partial charge in [0.25, 0.3) is 6.33 Å². The third-order valence-electron chi connectivity index (χ3n) is 15.9. The van der Waals surface area contributed by atoms with Crippen molar-refractivity contribution in [3.63, 3.8) is 0 Å². The van der Waals surface area contributed by atoms with E-state index in [2.05, 4.69) is 201 Å². The molecule has 384 valence electrons. The minimum Gasteiger partial charge on any atom is -0.458 e. The number of hydrogen-bond donors (Lipinski definition) is 0. The lowest BCUT2D eigenvalue weighted by molar-refractivity contribution is -0.572. The third kappa shape index (κ3) is 7.61. The first-order valence-electron chi connectivity index (χ1n) is 29.7. The molecule has 6 heteroatoms. The monoisotopic (exact) mass is 1040 g/mol. The number of hydrogen-bond acceptors (Lipinski definition) is 3. The Morgan fingerprint density at radius 2 is 1.20 bits per heavy atom. The van der Waals surface area contributed by atoms with Crippen molar-refractivity contribution in [3.8, 4) is 84.3 Å². The number of ether oxygens (including phenoxy) is 1. The molecule has 0 fully saturated rings. The van der Waals surface area contributed by atoms with Crippen LogP contribution in [-0.4, -0.2) is 14.1 Å². The molecule has 0 saturated heterocycles. The first-order valence-corrected chi connectivity index (χ1v) is 27.2. The molecule has 0 saturated carbocycles. The summed E-state index contributed by atoms with van der Waals surface area (Å²) in [5, 5.41) is 4.27. The number of imidazole rings is 1. The first kappa shape index (κ1) is 42.3. The summed E-state index contributed by atoms with van der Waals surface area (Å²) in [6.45, 7) is 13.3. The predicted octanol–water partition coefficient (Wildman–Crippen LogP) is 19.1. The van der Waals surface area contributed by atoms with Gasteiger partial charge in [0.1, 0.15) is 28.5 Å². The van der Waals surface area contributed by atoms with Gasteiger partial charge >= 0.3 is 0 Å². The topological polar surface area (TPSA) is 49.0 Å². The number of benzene rings is 10. The van der Waals surface area contributed by atoms with Crippen LogP contribution < -0.4 is 9.30 Å². The van der Waals surface area contributed by atoms with E-state index in [1.165, 1.54) is 5.56 Å². The molecule has 0 spiro atoms. The maximum absolute atomic E-state index is 9.40. The van der Waals surface area contributed by atoms with Gasteiger partial charge in [0, 0.05) is 33.8 Å². The molecule has 15 rings (SSSR count). The molecule has 0 atom stereocenters. The Kier molecular flexibility index (Phi) is 9.45. The Bertz CT molecular complexity index is 5120. The number of furan rings is 1. The summed E-state index contributed by atoms with van der Waals surface area (Å²) in [5.41, 5.74) is 16.7. The summed E-state index contributed by atoms with van der Waals surface area (Å²) in [6, 6.07) is 65.1. The van der Waals surface area contributed by atoms with Crippen LogP contribution in [-0.2, 0) is 10.8 Å². The van der Waals surface area contributed by atoms with E-state index in [4.69, 9.17) is 18.3 Å². The SMILES string of the molecule is [2H]c1c([2H])c([2H])c(-c2cccc3c2-c2cccc(C(C)(C)C)c2-[n+]2[c-]n(-c4cccc(Oc5ccc6c7ccccc7n(-c7cc(C(C)(C)C)ccn7)c6c5)c4)c4cc(-c5ccc6oc7ccccc7c6c5)cc(c42)-c2ccccc2-3)c([2H])c1[2H]. The highest BCUT2D eigenvalue weighted by molar-refractivity contribution is 6.10. The molecule has 14 aromatic rings. The largest absolute Gasteiger partial charge is 0.458 e. The van der Waals surface area contributed by atoms with Crippen LogP contribution in [0.4, 0.5) is 0 Å². The number of nitrogens with zero attached hydrogens (tertiary/aromatic N) is 4. The Balaban J connectivity index is 0.996. The molecule has 0 radical (unpaired) electrons. The van der Waals surface area contributed by atoms with Crippen LogP contribution in [0.25, 0.3) is 128 Å². The molecule has 0 aliphatic carbocycles. The standard InChI is InChI=1S/C74H56N4O2/c1-73(2,3)49-37-38-75-69(42-49)78-64-31-14-12-25-56(64)57-35-34-52(44-65(57)78)79-51-22-16-21-50(43-51)76-45-77-71-60(29-18-30-63(71)74(4,5)6)70-53(46-19-8-7-9-20-46)27-17-28-59(70)54-23-10-11-24-55(54)62-40-48(41-66(76)72(62)77)47-33-36-68-61(39-47)58-26-13-15-32-67(58)80-68/h7-44H,1-6H3/i7D,8D,9D,19D,20D. The van der Waals surface area contributed by atoms with Gasteiger partial charge in [0.2, 0.25) is 0 Å². The van der Waals surface area contributed by atoms with Gasteiger partial charge in [-0.2, -0.15) is 0 Å². The molecule has 5 heterocycles. The fraction of sp³-hybridized carbons (Fsp3) is 0.108. The lowest BCUT2D eigenvalue weighted by Crippen LogP contribution is -2.35. The van der Waals surface area contributed by atoms with Crippen molar-refractivity contribution in [2.24, 2.45) is 0 Å². The zero-order valence-corrected chi connectivity index (χ0v) is 45.2. The van der Waals surface area contributed by atoms with Crippen molar-refractivity contribution in [2.75, 3.05) is 0 Å². The molecule has 6 nitrogen and oxygen atoms in total. The third-order valence-corrected chi connectivity index (χ3v) is 15.9. The second-order valence-corrected chi connectivity index (χ2v) is 23.0. The van der Waals surface area contributed by atoms with Gasteiger partial charge in [0.15, 0.2) is 0 Å². The van der Waals surface area contributed by atoms with Crippen LogP contribution in [0, 0.1) is 6.33 Å². The van der Waals surface area contributed by atoms with Gasteiger partial charge in [-0.15, -0.1) is 0 Å². The van der Waals surface area contributed by atoms with Crippen molar-refractivity contribution in [1.29, 1.82) is 0 Å². The maximum atomic E-state index is 9.40. The van der Waals surface area contributed by atoms with Crippen LogP contribution in [0.3, 0.4) is 0 Å². The molecule has 0 unspecified atom stereocenters. The Hall–Kier alpha value is -9.78. The highest BCUT2D eigenvalue weighted by atomic mass is 16.5. The number of pyridine rings is 1. The van der Waals surface area contributed by atoms with Gasteiger partial charge in [-0.05, 0) is 150 Å². The van der Waals surface area contributed by atoms with Crippen LogP contribution in [0.15, 0.2) is 235 Å². The van der Waals surface area contributed by atoms with E-state index in [9.17, 15) is 2.74 Å². The Morgan fingerprint density at radius 1 is 0.500 bits per heavy atom. The van der Waals surface area contributed by atoms with Crippen molar-refractivity contribution in [2.45, 2.75) is 52.4 Å². The van der Waals surface area contributed by atoms with E-state index in [0.717, 1.165) is 122 Å². The summed E-state index contributed by atoms with van der Waals surface area (Å²) in [5.74, 6) is 2.13. The molecule has 0 amide bonds. The van der Waals surface area contributed by atoms with Crippen molar-refractivity contribution in [3.05, 3.63) is 248 Å². The number of rotatable bonds is 6. The molecule has 0 N–H and O–H groups in total. The lowest BCUT2D eigenvalue weighted by Gasteiger charge is -2.27. The van der Waals surface area contributed by atoms with Gasteiger partial charge < -0.3 is 9.15 Å². The molecule has 1 aliphatic rings. The Labute approximate surface area is 472 Å². The summed E-state index contributed by atoms with van der Waals surface area (Å²) >= 11 is 0. The zero-order valence-electron chi connectivity index (χ0n) is 50.2. The molecular weight excluding hydrogens is 977 g/mol. The van der Waals surface area contributed by atoms with Crippen LogP contribution in [0.2, 0.25) is 0 Å². The molecule has 10 aromatic carbocycles. The van der Waals surface area contributed by atoms with Gasteiger partial charge in [0.05, 0.1) is 40.3 Å². The van der Waals surface area contributed by atoms with E-state index in [0.29, 0.717) is 17.1 Å². The average molecular weight is 1040 g/mol. The van der Waals surface area contributed by atoms with Crippen LogP contribution in [0.1, 0.15) is 59.5 Å². The zero-order chi connectivity index (χ0) is 58.4. The predicted molar refractivity (Wildman–Crippen MR) is 328 cm³/mol. The fourth-order valence-electron chi connectivity index (χ4n) is 12.2. The van der Waals surface area contributed by atoms with E-state index < -0.39 is 23.5 Å². The second-order valence-electron chi connectivity index (χ2n) is 23.0. The van der Waals surface area contributed by atoms with E-state index in [1.54, 1.807) is 0 Å². The normalized spacial score (nSPS) is 13.2. The van der Waals surface area contributed by atoms with Crippen molar-refractivity contribution >= 4 is 54.8 Å². The van der Waals surface area contributed by atoms with E-state index >= 15 is 0 Å². The smallest absolute Gasteiger partial charge is 0.269 e. The van der Waals surface area contributed by atoms with E-state index in [1.807, 2.05) is 60.8 Å². The highest BCUT2D eigenvalue weighted by Crippen LogP contribution is 2.49. The average Bonchev–Trinajstić information content (AvgIpc) is 2.41. The second kappa shape index (κ2) is 17.9. The fourth-order valence-corrected chi connectivity index (χ4v) is 12.2. The molecular formula is C74H56N4O2. The maximum Gasteiger partial charge on any atom is 0.269 e. The first-order chi connectivity index (χ1) is 41.0. The quantitative estimate of drug-likeness (QED) is 0.123. The van der Waals surface area contributed by atoms with Crippen LogP contribution in [0.5, 0.6) is 11.5 Å². The van der Waals surface area contributed by atoms with Gasteiger partial charge in [-0.25, -0.2) is 4.98 Å². The molecule has 1 aliphatic heterocycles. The number of aromatic nitrogens is 4. The Morgan fingerprint density at radius 3 is 2.04 bits per heavy atom. The number of fused-ring (bicyclic) bond motifs is 13. The minimum atomic E-state index is -0.440. The van der Waals surface area contributed by atoms with Gasteiger partial charge in [-0.1, -0.05) is 187 Å². The minimum absolute atomic E-state index is 0.0742. The summed E-state index contributed by atoms with van der Waals surface area (Å²) in [6.07, 6.45) is 5.87. The lowest BCUT2D eigenvalue weighted by atomic mass is 9.80. The number of para-hydroxylation sites is 3. The molecule has 0 bridgehead atoms. The van der Waals surface area contributed by atoms with E-state index in [-0.39, 0.29) is 23.1 Å². The van der Waals surface area contributed by atoms with Crippen LogP contribution >= 0.6 is 0 Å².